The van der Waals surface area contributed by atoms with Gasteiger partial charge in [-0.05, 0) is 12.8 Å². The van der Waals surface area contributed by atoms with E-state index >= 15 is 0 Å². The summed E-state index contributed by atoms with van der Waals surface area (Å²) in [6.07, 6.45) is 6.39. The van der Waals surface area contributed by atoms with Gasteiger partial charge in [-0.2, -0.15) is 0 Å². The van der Waals surface area contributed by atoms with Crippen LogP contribution in [-0.2, 0) is 23.9 Å². The van der Waals surface area contributed by atoms with Crippen molar-refractivity contribution in [2.45, 2.75) is 51.4 Å². The predicted octanol–water partition coefficient (Wildman–Crippen LogP) is 2.02. The highest BCUT2D eigenvalue weighted by Crippen LogP contribution is 2.08. The maximum Gasteiger partial charge on any atom is 0.305 e. The summed E-state index contributed by atoms with van der Waals surface area (Å²) in [5, 5.41) is 0. The standard InChI is InChI=1S/C13H22O5/c1-17-12(15)8-5-3-2-4-6-9-13(16)18-11-7-10-14/h10H,2-9,11H2,1H3. The second-order valence-electron chi connectivity index (χ2n) is 4.02. The number of carbonyl (C=O) groups excluding carboxylic acids is 3. The van der Waals surface area contributed by atoms with Gasteiger partial charge in [0.25, 0.3) is 0 Å². The quantitative estimate of drug-likeness (QED) is 0.322. The zero-order valence-corrected chi connectivity index (χ0v) is 11.0. The monoisotopic (exact) mass is 258 g/mol. The summed E-state index contributed by atoms with van der Waals surface area (Å²) in [4.78, 5) is 31.9. The van der Waals surface area contributed by atoms with Crippen molar-refractivity contribution < 1.29 is 23.9 Å². The molecular weight excluding hydrogens is 236 g/mol. The molecule has 0 heterocycles. The summed E-state index contributed by atoms with van der Waals surface area (Å²) in [7, 11) is 1.39. The number of esters is 2. The van der Waals surface area contributed by atoms with Gasteiger partial charge in [-0.25, -0.2) is 0 Å². The van der Waals surface area contributed by atoms with E-state index in [1.807, 2.05) is 0 Å². The van der Waals surface area contributed by atoms with Crippen LogP contribution in [0, 0.1) is 0 Å². The highest BCUT2D eigenvalue weighted by molar-refractivity contribution is 5.69. The molecule has 0 fully saturated rings. The molecule has 0 radical (unpaired) electrons. The molecule has 0 spiro atoms. The van der Waals surface area contributed by atoms with Gasteiger partial charge in [0, 0.05) is 19.3 Å². The molecule has 0 saturated carbocycles. The van der Waals surface area contributed by atoms with Crippen LogP contribution in [0.5, 0.6) is 0 Å². The van der Waals surface area contributed by atoms with Crippen LogP contribution in [0.15, 0.2) is 0 Å². The minimum atomic E-state index is -0.244. The molecule has 0 bridgehead atoms. The Kier molecular flexibility index (Phi) is 11.1. The Morgan fingerprint density at radius 1 is 0.944 bits per heavy atom. The number of unbranched alkanes of at least 4 members (excludes halogenated alkanes) is 4. The summed E-state index contributed by atoms with van der Waals surface area (Å²) < 4.78 is 9.36. The van der Waals surface area contributed by atoms with E-state index < -0.39 is 0 Å². The molecule has 0 unspecified atom stereocenters. The molecule has 0 saturated heterocycles. The number of methoxy groups -OCH3 is 1. The summed E-state index contributed by atoms with van der Waals surface area (Å²) >= 11 is 0. The Morgan fingerprint density at radius 3 is 2.06 bits per heavy atom. The molecule has 0 aromatic carbocycles. The van der Waals surface area contributed by atoms with E-state index in [1.165, 1.54) is 7.11 Å². The predicted molar refractivity (Wildman–Crippen MR) is 66.0 cm³/mol. The average molecular weight is 258 g/mol. The van der Waals surface area contributed by atoms with Crippen molar-refractivity contribution in [3.8, 4) is 0 Å². The van der Waals surface area contributed by atoms with Crippen LogP contribution >= 0.6 is 0 Å². The molecule has 0 aliphatic rings. The zero-order chi connectivity index (χ0) is 13.6. The largest absolute Gasteiger partial charge is 0.469 e. The second-order valence-corrected chi connectivity index (χ2v) is 4.02. The van der Waals surface area contributed by atoms with Gasteiger partial charge in [0.15, 0.2) is 0 Å². The Balaban J connectivity index is 3.22. The summed E-state index contributed by atoms with van der Waals surface area (Å²) in [5.74, 6) is -0.417. The van der Waals surface area contributed by atoms with Crippen molar-refractivity contribution in [3.63, 3.8) is 0 Å². The van der Waals surface area contributed by atoms with Gasteiger partial charge in [0.2, 0.25) is 0 Å². The van der Waals surface area contributed by atoms with E-state index in [-0.39, 0.29) is 25.0 Å². The van der Waals surface area contributed by atoms with Crippen LogP contribution in [0.2, 0.25) is 0 Å². The third-order valence-corrected chi connectivity index (χ3v) is 2.49. The van der Waals surface area contributed by atoms with Gasteiger partial charge in [-0.3, -0.25) is 9.59 Å². The fourth-order valence-electron chi connectivity index (χ4n) is 1.46. The first-order valence-corrected chi connectivity index (χ1v) is 6.36. The molecule has 0 atom stereocenters. The summed E-state index contributed by atoms with van der Waals surface area (Å²) in [5.41, 5.74) is 0. The van der Waals surface area contributed by atoms with Crippen LogP contribution in [0.3, 0.4) is 0 Å². The minimum Gasteiger partial charge on any atom is -0.469 e. The van der Waals surface area contributed by atoms with E-state index in [0.29, 0.717) is 12.8 Å². The van der Waals surface area contributed by atoms with Crippen LogP contribution < -0.4 is 0 Å². The molecule has 0 rings (SSSR count). The topological polar surface area (TPSA) is 69.7 Å². The van der Waals surface area contributed by atoms with Crippen molar-refractivity contribution in [3.05, 3.63) is 0 Å². The molecule has 0 N–H and O–H groups in total. The average Bonchev–Trinajstić information content (AvgIpc) is 2.37. The highest BCUT2D eigenvalue weighted by atomic mass is 16.5. The fraction of sp³-hybridized carbons (Fsp3) is 0.769. The number of rotatable bonds is 11. The summed E-state index contributed by atoms with van der Waals surface area (Å²) in [6, 6.07) is 0. The van der Waals surface area contributed by atoms with E-state index in [0.717, 1.165) is 38.4 Å². The van der Waals surface area contributed by atoms with Crippen molar-refractivity contribution in [2.75, 3.05) is 13.7 Å². The van der Waals surface area contributed by atoms with Crippen LogP contribution in [0.1, 0.15) is 51.4 Å². The molecule has 0 amide bonds. The highest BCUT2D eigenvalue weighted by Gasteiger charge is 2.02. The number of hydrogen-bond donors (Lipinski definition) is 0. The number of aldehydes is 1. The molecule has 18 heavy (non-hydrogen) atoms. The maximum absolute atomic E-state index is 11.1. The van der Waals surface area contributed by atoms with Gasteiger partial charge in [-0.1, -0.05) is 19.3 Å². The summed E-state index contributed by atoms with van der Waals surface area (Å²) in [6.45, 7) is 0.182. The Bertz CT molecular complexity index is 250. The number of hydrogen-bond acceptors (Lipinski definition) is 5. The van der Waals surface area contributed by atoms with Gasteiger partial charge < -0.3 is 14.3 Å². The molecule has 5 heteroatoms. The van der Waals surface area contributed by atoms with Crippen molar-refractivity contribution in [1.82, 2.24) is 0 Å². The van der Waals surface area contributed by atoms with E-state index in [4.69, 9.17) is 4.74 Å². The van der Waals surface area contributed by atoms with Gasteiger partial charge in [0.1, 0.15) is 6.29 Å². The Morgan fingerprint density at radius 2 is 1.50 bits per heavy atom. The van der Waals surface area contributed by atoms with E-state index in [2.05, 4.69) is 4.74 Å². The van der Waals surface area contributed by atoms with Crippen molar-refractivity contribution in [1.29, 1.82) is 0 Å². The lowest BCUT2D eigenvalue weighted by Crippen LogP contribution is -2.05. The van der Waals surface area contributed by atoms with Gasteiger partial charge in [-0.15, -0.1) is 0 Å². The molecule has 0 aliphatic heterocycles. The fourth-order valence-corrected chi connectivity index (χ4v) is 1.46. The molecule has 0 aliphatic carbocycles. The smallest absolute Gasteiger partial charge is 0.305 e. The van der Waals surface area contributed by atoms with Crippen molar-refractivity contribution >= 4 is 18.2 Å². The third kappa shape index (κ3) is 11.1. The van der Waals surface area contributed by atoms with E-state index in [1.54, 1.807) is 0 Å². The minimum absolute atomic E-state index is 0.172. The van der Waals surface area contributed by atoms with Gasteiger partial charge in [0.05, 0.1) is 13.7 Å². The van der Waals surface area contributed by atoms with Crippen LogP contribution in [0.25, 0.3) is 0 Å². The SMILES string of the molecule is COC(=O)CCCCCCCC(=O)OCCC=O. The first-order chi connectivity index (χ1) is 8.70. The lowest BCUT2D eigenvalue weighted by atomic mass is 10.1. The zero-order valence-electron chi connectivity index (χ0n) is 11.0. The molecule has 104 valence electrons. The molecular formula is C13H22O5. The third-order valence-electron chi connectivity index (χ3n) is 2.49. The molecule has 0 aromatic rings. The Hall–Kier alpha value is -1.39. The lowest BCUT2D eigenvalue weighted by molar-refractivity contribution is -0.144. The number of ether oxygens (including phenoxy) is 2. The van der Waals surface area contributed by atoms with Crippen LogP contribution in [0.4, 0.5) is 0 Å². The lowest BCUT2D eigenvalue weighted by Gasteiger charge is -2.03. The first-order valence-electron chi connectivity index (χ1n) is 6.36. The first kappa shape index (κ1) is 16.6. The second kappa shape index (κ2) is 12.1. The number of carbonyl (C=O) groups is 3. The molecule has 0 aromatic heterocycles. The van der Waals surface area contributed by atoms with Crippen molar-refractivity contribution in [2.24, 2.45) is 0 Å². The van der Waals surface area contributed by atoms with E-state index in [9.17, 15) is 14.4 Å². The maximum atomic E-state index is 11.1. The normalized spacial score (nSPS) is 9.83. The van der Waals surface area contributed by atoms with Crippen LogP contribution in [-0.4, -0.2) is 31.9 Å². The Labute approximate surface area is 108 Å². The van der Waals surface area contributed by atoms with Gasteiger partial charge >= 0.3 is 11.9 Å². The molecule has 5 nitrogen and oxygen atoms in total.